The molecular weight excluding hydrogens is 316 g/mol. The number of aldehydes is 1. The maximum absolute atomic E-state index is 10.9. The van der Waals surface area contributed by atoms with E-state index in [1.165, 1.54) is 0 Å². The molecule has 134 valence electrons. The van der Waals surface area contributed by atoms with E-state index in [2.05, 4.69) is 0 Å². The second kappa shape index (κ2) is 11.5. The topological polar surface area (TPSA) is 55.8 Å². The Balaban J connectivity index is 1.68. The highest BCUT2D eigenvalue weighted by Crippen LogP contribution is 2.15. The number of benzene rings is 2. The van der Waals surface area contributed by atoms with Crippen LogP contribution in [0.2, 0.25) is 0 Å². The molecule has 0 aromatic heterocycles. The molecule has 0 amide bonds. The van der Waals surface area contributed by atoms with E-state index in [0.29, 0.717) is 32.7 Å². The summed E-state index contributed by atoms with van der Waals surface area (Å²) in [6.45, 7) is 1.71. The van der Waals surface area contributed by atoms with E-state index >= 15 is 0 Å². The fourth-order valence-electron chi connectivity index (χ4n) is 2.60. The zero-order chi connectivity index (χ0) is 17.7. The Morgan fingerprint density at radius 1 is 0.880 bits per heavy atom. The second-order valence-electron chi connectivity index (χ2n) is 6.06. The van der Waals surface area contributed by atoms with E-state index in [1.54, 1.807) is 0 Å². The maximum Gasteiger partial charge on any atom is 0.120 e. The molecular formula is C21H26O4. The largest absolute Gasteiger partial charge is 0.390 e. The average molecular weight is 342 g/mol. The van der Waals surface area contributed by atoms with Gasteiger partial charge in [0.1, 0.15) is 6.29 Å². The van der Waals surface area contributed by atoms with E-state index < -0.39 is 6.10 Å². The standard InChI is InChI=1S/C21H26O4/c22-13-11-20(12-14-24-15-18-7-3-1-4-8-18)21(23)17-25-16-19-9-5-2-6-10-19/h1-10,13,20-21,23H,11-12,14-17H2/t20-,21+/m1/s1. The van der Waals surface area contributed by atoms with Gasteiger partial charge in [0.25, 0.3) is 0 Å². The number of ether oxygens (including phenoxy) is 2. The van der Waals surface area contributed by atoms with E-state index in [-0.39, 0.29) is 12.5 Å². The van der Waals surface area contributed by atoms with E-state index in [4.69, 9.17) is 9.47 Å². The molecule has 0 aliphatic rings. The first-order valence-electron chi connectivity index (χ1n) is 8.64. The predicted octanol–water partition coefficient (Wildman–Crippen LogP) is 3.38. The Labute approximate surface area is 149 Å². The Morgan fingerprint density at radius 2 is 1.44 bits per heavy atom. The number of aliphatic hydroxyl groups excluding tert-OH is 1. The molecule has 0 spiro atoms. The third kappa shape index (κ3) is 7.61. The summed E-state index contributed by atoms with van der Waals surface area (Å²) in [6, 6.07) is 19.7. The summed E-state index contributed by atoms with van der Waals surface area (Å²) in [5.74, 6) is -0.149. The first-order valence-corrected chi connectivity index (χ1v) is 8.64. The summed E-state index contributed by atoms with van der Waals surface area (Å²) in [4.78, 5) is 10.9. The van der Waals surface area contributed by atoms with Crippen molar-refractivity contribution in [3.63, 3.8) is 0 Å². The number of carbonyl (C=O) groups is 1. The van der Waals surface area contributed by atoms with Crippen molar-refractivity contribution in [2.24, 2.45) is 5.92 Å². The van der Waals surface area contributed by atoms with E-state index in [9.17, 15) is 9.90 Å². The minimum Gasteiger partial charge on any atom is -0.390 e. The molecule has 2 rings (SSSR count). The molecule has 4 nitrogen and oxygen atoms in total. The summed E-state index contributed by atoms with van der Waals surface area (Å²) >= 11 is 0. The molecule has 2 aromatic carbocycles. The van der Waals surface area contributed by atoms with Crippen LogP contribution in [0.15, 0.2) is 60.7 Å². The maximum atomic E-state index is 10.9. The van der Waals surface area contributed by atoms with Gasteiger partial charge >= 0.3 is 0 Å². The molecule has 2 atom stereocenters. The lowest BCUT2D eigenvalue weighted by atomic mass is 9.96. The zero-order valence-electron chi connectivity index (χ0n) is 14.4. The highest BCUT2D eigenvalue weighted by atomic mass is 16.5. The van der Waals surface area contributed by atoms with Gasteiger partial charge in [-0.15, -0.1) is 0 Å². The normalized spacial score (nSPS) is 13.3. The molecule has 2 aromatic rings. The first kappa shape index (κ1) is 19.3. The van der Waals surface area contributed by atoms with Gasteiger partial charge < -0.3 is 19.4 Å². The number of carbonyl (C=O) groups excluding carboxylic acids is 1. The summed E-state index contributed by atoms with van der Waals surface area (Å²) < 4.78 is 11.2. The molecule has 1 N–H and O–H groups in total. The lowest BCUT2D eigenvalue weighted by molar-refractivity contribution is -0.110. The van der Waals surface area contributed by atoms with Gasteiger partial charge in [-0.25, -0.2) is 0 Å². The van der Waals surface area contributed by atoms with Crippen molar-refractivity contribution in [1.29, 1.82) is 0 Å². The van der Waals surface area contributed by atoms with Crippen LogP contribution in [0.3, 0.4) is 0 Å². The van der Waals surface area contributed by atoms with Gasteiger partial charge in [0, 0.05) is 13.0 Å². The molecule has 25 heavy (non-hydrogen) atoms. The molecule has 0 heterocycles. The summed E-state index contributed by atoms with van der Waals surface area (Å²) in [7, 11) is 0. The fraction of sp³-hybridized carbons (Fsp3) is 0.381. The minimum atomic E-state index is -0.672. The van der Waals surface area contributed by atoms with Crippen molar-refractivity contribution in [2.75, 3.05) is 13.2 Å². The summed E-state index contributed by atoms with van der Waals surface area (Å²) in [5.41, 5.74) is 2.18. The van der Waals surface area contributed by atoms with Crippen molar-refractivity contribution in [3.05, 3.63) is 71.8 Å². The Kier molecular flexibility index (Phi) is 8.91. The molecule has 0 bridgehead atoms. The third-order valence-corrected chi connectivity index (χ3v) is 4.09. The molecule has 0 unspecified atom stereocenters. The Morgan fingerprint density at radius 3 is 2.00 bits per heavy atom. The van der Waals surface area contributed by atoms with E-state index in [0.717, 1.165) is 17.4 Å². The zero-order valence-corrected chi connectivity index (χ0v) is 14.4. The summed E-state index contributed by atoms with van der Waals surface area (Å²) in [5, 5.41) is 10.3. The molecule has 0 aliphatic carbocycles. The molecule has 0 saturated carbocycles. The number of aliphatic hydroxyl groups is 1. The molecule has 0 radical (unpaired) electrons. The van der Waals surface area contributed by atoms with Gasteiger partial charge in [-0.05, 0) is 23.5 Å². The van der Waals surface area contributed by atoms with Crippen LogP contribution in [0.5, 0.6) is 0 Å². The van der Waals surface area contributed by atoms with E-state index in [1.807, 2.05) is 60.7 Å². The molecule has 0 saturated heterocycles. The van der Waals surface area contributed by atoms with Gasteiger partial charge in [-0.3, -0.25) is 0 Å². The number of hydrogen-bond acceptors (Lipinski definition) is 4. The van der Waals surface area contributed by atoms with Gasteiger partial charge in [-0.1, -0.05) is 60.7 Å². The van der Waals surface area contributed by atoms with Crippen LogP contribution in [-0.2, 0) is 27.5 Å². The van der Waals surface area contributed by atoms with Gasteiger partial charge in [0.15, 0.2) is 0 Å². The first-order chi connectivity index (χ1) is 12.3. The Hall–Kier alpha value is -2.01. The minimum absolute atomic E-state index is 0.149. The van der Waals surface area contributed by atoms with Crippen molar-refractivity contribution in [2.45, 2.75) is 32.2 Å². The quantitative estimate of drug-likeness (QED) is 0.475. The van der Waals surface area contributed by atoms with Crippen molar-refractivity contribution >= 4 is 6.29 Å². The SMILES string of the molecule is O=CC[C@H](CCOCc1ccccc1)[C@@H](O)COCc1ccccc1. The smallest absolute Gasteiger partial charge is 0.120 e. The van der Waals surface area contributed by atoms with Gasteiger partial charge in [0.2, 0.25) is 0 Å². The monoisotopic (exact) mass is 342 g/mol. The molecule has 0 aliphatic heterocycles. The highest BCUT2D eigenvalue weighted by molar-refractivity contribution is 5.49. The number of rotatable bonds is 12. The van der Waals surface area contributed by atoms with Crippen LogP contribution in [0, 0.1) is 5.92 Å². The van der Waals surface area contributed by atoms with Gasteiger partial charge in [-0.2, -0.15) is 0 Å². The average Bonchev–Trinajstić information content (AvgIpc) is 2.66. The van der Waals surface area contributed by atoms with Crippen LogP contribution < -0.4 is 0 Å². The number of hydrogen-bond donors (Lipinski definition) is 1. The summed E-state index contributed by atoms with van der Waals surface area (Å²) in [6.07, 6.45) is 1.11. The van der Waals surface area contributed by atoms with Crippen LogP contribution >= 0.6 is 0 Å². The molecule has 4 heteroatoms. The van der Waals surface area contributed by atoms with Crippen LogP contribution in [-0.4, -0.2) is 30.7 Å². The second-order valence-corrected chi connectivity index (χ2v) is 6.06. The lowest BCUT2D eigenvalue weighted by Crippen LogP contribution is -2.27. The van der Waals surface area contributed by atoms with Crippen LogP contribution in [0.25, 0.3) is 0 Å². The molecule has 0 fully saturated rings. The Bertz CT molecular complexity index is 585. The fourth-order valence-corrected chi connectivity index (χ4v) is 2.60. The lowest BCUT2D eigenvalue weighted by Gasteiger charge is -2.21. The van der Waals surface area contributed by atoms with Crippen molar-refractivity contribution in [3.8, 4) is 0 Å². The third-order valence-electron chi connectivity index (χ3n) is 4.09. The van der Waals surface area contributed by atoms with Crippen molar-refractivity contribution in [1.82, 2.24) is 0 Å². The van der Waals surface area contributed by atoms with Crippen LogP contribution in [0.4, 0.5) is 0 Å². The van der Waals surface area contributed by atoms with Crippen LogP contribution in [0.1, 0.15) is 24.0 Å². The van der Waals surface area contributed by atoms with Gasteiger partial charge in [0.05, 0.1) is 25.9 Å². The predicted molar refractivity (Wildman–Crippen MR) is 97.0 cm³/mol. The highest BCUT2D eigenvalue weighted by Gasteiger charge is 2.19. The van der Waals surface area contributed by atoms with Crippen molar-refractivity contribution < 1.29 is 19.4 Å².